The molecular weight excluding hydrogens is 408 g/mol. The first-order valence-corrected chi connectivity index (χ1v) is 10.7. The summed E-state index contributed by atoms with van der Waals surface area (Å²) in [7, 11) is 0. The average molecular weight is 431 g/mol. The van der Waals surface area contributed by atoms with Crippen LogP contribution in [0, 0.1) is 0 Å². The first-order valence-electron chi connectivity index (χ1n) is 10.3. The predicted molar refractivity (Wildman–Crippen MR) is 126 cm³/mol. The highest BCUT2D eigenvalue weighted by molar-refractivity contribution is 6.30. The van der Waals surface area contributed by atoms with Crippen LogP contribution >= 0.6 is 11.6 Å². The fourth-order valence-corrected chi connectivity index (χ4v) is 3.72. The van der Waals surface area contributed by atoms with Crippen LogP contribution in [0.15, 0.2) is 78.9 Å². The van der Waals surface area contributed by atoms with Gasteiger partial charge in [0.25, 0.3) is 5.91 Å². The Hall–Kier alpha value is -3.37. The Morgan fingerprint density at radius 2 is 1.81 bits per heavy atom. The van der Waals surface area contributed by atoms with Gasteiger partial charge in [-0.15, -0.1) is 0 Å². The zero-order valence-electron chi connectivity index (χ0n) is 17.3. The topological polar surface area (TPSA) is 51.2 Å². The Morgan fingerprint density at radius 1 is 1.00 bits per heavy atom. The van der Waals surface area contributed by atoms with E-state index in [0.29, 0.717) is 30.2 Å². The summed E-state index contributed by atoms with van der Waals surface area (Å²) in [5, 5.41) is 4.56. The van der Waals surface area contributed by atoms with Crippen molar-refractivity contribution in [1.29, 1.82) is 0 Å². The second-order valence-corrected chi connectivity index (χ2v) is 7.60. The van der Waals surface area contributed by atoms with Gasteiger partial charge in [0.05, 0.1) is 23.4 Å². The minimum atomic E-state index is -0.118. The second kappa shape index (κ2) is 9.63. The largest absolute Gasteiger partial charge is 0.494 e. The monoisotopic (exact) mass is 430 g/mol. The number of carbonyl (C=O) groups excluding carboxylic acids is 1. The van der Waals surface area contributed by atoms with Gasteiger partial charge >= 0.3 is 0 Å². The molecule has 0 unspecified atom stereocenters. The van der Waals surface area contributed by atoms with Crippen molar-refractivity contribution in [3.63, 3.8) is 0 Å². The van der Waals surface area contributed by atoms with Gasteiger partial charge in [-0.05, 0) is 67.4 Å². The van der Waals surface area contributed by atoms with E-state index in [0.717, 1.165) is 33.5 Å². The lowest BCUT2D eigenvalue weighted by Crippen LogP contribution is -2.26. The number of rotatable bonds is 7. The molecule has 31 heavy (non-hydrogen) atoms. The highest BCUT2D eigenvalue weighted by atomic mass is 35.5. The van der Waals surface area contributed by atoms with E-state index in [4.69, 9.17) is 21.3 Å². The van der Waals surface area contributed by atoms with Gasteiger partial charge in [-0.3, -0.25) is 4.79 Å². The van der Waals surface area contributed by atoms with Gasteiger partial charge in [0, 0.05) is 22.5 Å². The molecule has 4 nitrogen and oxygen atoms in total. The number of nitrogens with zero attached hydrogens (tertiary/aromatic N) is 1. The molecule has 1 aromatic heterocycles. The van der Waals surface area contributed by atoms with Crippen LogP contribution in [0.3, 0.4) is 0 Å². The third-order valence-electron chi connectivity index (χ3n) is 5.01. The number of halogens is 1. The quantitative estimate of drug-likeness (QED) is 0.395. The fourth-order valence-electron chi connectivity index (χ4n) is 3.51. The summed E-state index contributed by atoms with van der Waals surface area (Å²) in [5.74, 6) is 0.693. The maximum Gasteiger partial charge on any atom is 0.252 e. The maximum atomic E-state index is 13.1. The average Bonchev–Trinajstić information content (AvgIpc) is 2.79. The van der Waals surface area contributed by atoms with Crippen LogP contribution in [-0.4, -0.2) is 24.0 Å². The van der Waals surface area contributed by atoms with Crippen LogP contribution in [0.4, 0.5) is 0 Å². The zero-order chi connectivity index (χ0) is 21.6. The number of hydrogen-bond donors (Lipinski definition) is 1. The van der Waals surface area contributed by atoms with Gasteiger partial charge in [-0.2, -0.15) is 0 Å². The molecule has 0 saturated heterocycles. The first kappa shape index (κ1) is 20.9. The predicted octanol–water partition coefficient (Wildman–Crippen LogP) is 5.93. The second-order valence-electron chi connectivity index (χ2n) is 7.17. The van der Waals surface area contributed by atoms with Crippen molar-refractivity contribution in [3.8, 4) is 17.0 Å². The van der Waals surface area contributed by atoms with Gasteiger partial charge in [-0.25, -0.2) is 4.98 Å². The molecule has 3 aromatic carbocycles. The molecule has 0 atom stereocenters. The van der Waals surface area contributed by atoms with E-state index in [2.05, 4.69) is 5.32 Å². The molecule has 0 spiro atoms. The normalized spacial score (nSPS) is 10.8. The van der Waals surface area contributed by atoms with E-state index in [1.165, 1.54) is 0 Å². The molecule has 1 amide bonds. The summed E-state index contributed by atoms with van der Waals surface area (Å²) in [6.45, 7) is 3.09. The Morgan fingerprint density at radius 3 is 2.58 bits per heavy atom. The molecular formula is C26H23ClN2O2. The molecule has 0 aliphatic rings. The standard InChI is InChI=1S/C26H23ClN2O2/c1-2-31-21-12-10-19(11-13-21)25-17-23(22-8-3-4-9-24(22)29-25)26(30)28-15-14-18-6-5-7-20(27)16-18/h3-13,16-17H,2,14-15H2,1H3,(H,28,30). The third-order valence-corrected chi connectivity index (χ3v) is 5.25. The van der Waals surface area contributed by atoms with Crippen LogP contribution in [0.2, 0.25) is 5.02 Å². The number of aromatic nitrogens is 1. The Bertz CT molecular complexity index is 1210. The summed E-state index contributed by atoms with van der Waals surface area (Å²) in [6, 6.07) is 25.0. The van der Waals surface area contributed by atoms with Crippen molar-refractivity contribution in [3.05, 3.63) is 95.0 Å². The van der Waals surface area contributed by atoms with E-state index in [-0.39, 0.29) is 5.91 Å². The minimum Gasteiger partial charge on any atom is -0.494 e. The maximum absolute atomic E-state index is 13.1. The van der Waals surface area contributed by atoms with Gasteiger partial charge in [0.2, 0.25) is 0 Å². The van der Waals surface area contributed by atoms with Gasteiger partial charge in [-0.1, -0.05) is 41.9 Å². The number of para-hydroxylation sites is 1. The minimum absolute atomic E-state index is 0.118. The molecule has 0 aliphatic heterocycles. The van der Waals surface area contributed by atoms with Crippen molar-refractivity contribution in [2.45, 2.75) is 13.3 Å². The molecule has 156 valence electrons. The van der Waals surface area contributed by atoms with Crippen molar-refractivity contribution < 1.29 is 9.53 Å². The van der Waals surface area contributed by atoms with Gasteiger partial charge < -0.3 is 10.1 Å². The molecule has 0 aliphatic carbocycles. The number of amides is 1. The third kappa shape index (κ3) is 5.04. The Kier molecular flexibility index (Phi) is 6.48. The SMILES string of the molecule is CCOc1ccc(-c2cc(C(=O)NCCc3cccc(Cl)c3)c3ccccc3n2)cc1. The lowest BCUT2D eigenvalue weighted by molar-refractivity contribution is 0.0955. The Balaban J connectivity index is 1.59. The summed E-state index contributed by atoms with van der Waals surface area (Å²) in [4.78, 5) is 17.8. The van der Waals surface area contributed by atoms with Crippen molar-refractivity contribution >= 4 is 28.4 Å². The molecule has 0 bridgehead atoms. The molecule has 0 saturated carbocycles. The highest BCUT2D eigenvalue weighted by Gasteiger charge is 2.14. The number of nitrogens with one attached hydrogen (secondary N) is 1. The number of hydrogen-bond acceptors (Lipinski definition) is 3. The van der Waals surface area contributed by atoms with Crippen LogP contribution in [0.25, 0.3) is 22.2 Å². The van der Waals surface area contributed by atoms with E-state index in [9.17, 15) is 4.79 Å². The van der Waals surface area contributed by atoms with Gasteiger partial charge in [0.15, 0.2) is 0 Å². The number of ether oxygens (including phenoxy) is 1. The summed E-state index contributed by atoms with van der Waals surface area (Å²) in [5.41, 5.74) is 4.17. The summed E-state index contributed by atoms with van der Waals surface area (Å²) < 4.78 is 5.52. The van der Waals surface area contributed by atoms with Gasteiger partial charge in [0.1, 0.15) is 5.75 Å². The molecule has 5 heteroatoms. The van der Waals surface area contributed by atoms with Crippen LogP contribution in [-0.2, 0) is 6.42 Å². The van der Waals surface area contributed by atoms with Crippen molar-refractivity contribution in [2.24, 2.45) is 0 Å². The zero-order valence-corrected chi connectivity index (χ0v) is 18.0. The molecule has 4 rings (SSSR count). The summed E-state index contributed by atoms with van der Waals surface area (Å²) in [6.07, 6.45) is 0.709. The molecule has 4 aromatic rings. The van der Waals surface area contributed by atoms with Crippen molar-refractivity contribution in [2.75, 3.05) is 13.2 Å². The molecule has 1 N–H and O–H groups in total. The first-order chi connectivity index (χ1) is 15.1. The molecule has 0 fully saturated rings. The van der Waals surface area contributed by atoms with Crippen LogP contribution < -0.4 is 10.1 Å². The van der Waals surface area contributed by atoms with E-state index < -0.39 is 0 Å². The molecule has 0 radical (unpaired) electrons. The fraction of sp³-hybridized carbons (Fsp3) is 0.154. The highest BCUT2D eigenvalue weighted by Crippen LogP contribution is 2.26. The number of carbonyl (C=O) groups is 1. The number of benzene rings is 3. The summed E-state index contributed by atoms with van der Waals surface area (Å²) >= 11 is 6.05. The van der Waals surface area contributed by atoms with Crippen molar-refractivity contribution in [1.82, 2.24) is 10.3 Å². The van der Waals surface area contributed by atoms with Crippen LogP contribution in [0.1, 0.15) is 22.8 Å². The van der Waals surface area contributed by atoms with E-state index >= 15 is 0 Å². The number of pyridine rings is 1. The molecule has 1 heterocycles. The smallest absolute Gasteiger partial charge is 0.252 e. The van der Waals surface area contributed by atoms with E-state index in [1.807, 2.05) is 85.8 Å². The number of fused-ring (bicyclic) bond motifs is 1. The Labute approximate surface area is 186 Å². The van der Waals surface area contributed by atoms with Crippen LogP contribution in [0.5, 0.6) is 5.75 Å². The van der Waals surface area contributed by atoms with E-state index in [1.54, 1.807) is 0 Å². The lowest BCUT2D eigenvalue weighted by Gasteiger charge is -2.11. The lowest BCUT2D eigenvalue weighted by atomic mass is 10.0.